The normalized spacial score (nSPS) is 18.7. The number of hydrogen-bond acceptors (Lipinski definition) is 2. The third-order valence-corrected chi connectivity index (χ3v) is 4.47. The molecule has 2 atom stereocenters. The number of nitrogens with one attached hydrogen (secondary N) is 1. The van der Waals surface area contributed by atoms with Crippen molar-refractivity contribution < 1.29 is 4.74 Å². The zero-order valence-electron chi connectivity index (χ0n) is 12.2. The summed E-state index contributed by atoms with van der Waals surface area (Å²) < 4.78 is 5.72. The van der Waals surface area contributed by atoms with Crippen molar-refractivity contribution in [3.05, 3.63) is 64.7 Å². The van der Waals surface area contributed by atoms with Crippen LogP contribution in [0, 0.1) is 0 Å². The first-order valence-electron chi connectivity index (χ1n) is 7.45. The summed E-state index contributed by atoms with van der Waals surface area (Å²) >= 11 is 6.26. The molecule has 0 saturated heterocycles. The molecule has 1 aliphatic heterocycles. The van der Waals surface area contributed by atoms with Crippen LogP contribution in [-0.4, -0.2) is 13.2 Å². The van der Waals surface area contributed by atoms with E-state index in [1.54, 1.807) is 0 Å². The van der Waals surface area contributed by atoms with Crippen molar-refractivity contribution in [2.45, 2.75) is 25.3 Å². The number of hydrogen-bond donors (Lipinski definition) is 1. The molecule has 0 spiro atoms. The van der Waals surface area contributed by atoms with E-state index in [4.69, 9.17) is 16.3 Å². The molecule has 2 nitrogen and oxygen atoms in total. The SMILES string of the molecule is C[C@H](NCC1CCOc2ccccc21)c1ccccc1Cl. The second kappa shape index (κ2) is 6.50. The van der Waals surface area contributed by atoms with Crippen molar-refractivity contribution in [2.75, 3.05) is 13.2 Å². The van der Waals surface area contributed by atoms with Crippen LogP contribution in [0.1, 0.15) is 36.4 Å². The predicted molar refractivity (Wildman–Crippen MR) is 87.2 cm³/mol. The molecule has 21 heavy (non-hydrogen) atoms. The van der Waals surface area contributed by atoms with Gasteiger partial charge in [-0.15, -0.1) is 0 Å². The van der Waals surface area contributed by atoms with Gasteiger partial charge in [0.25, 0.3) is 0 Å². The van der Waals surface area contributed by atoms with Gasteiger partial charge in [-0.2, -0.15) is 0 Å². The summed E-state index contributed by atoms with van der Waals surface area (Å²) in [5, 5.41) is 4.43. The second-order valence-electron chi connectivity index (χ2n) is 5.52. The van der Waals surface area contributed by atoms with E-state index in [0.29, 0.717) is 5.92 Å². The average Bonchev–Trinajstić information content (AvgIpc) is 2.53. The lowest BCUT2D eigenvalue weighted by Crippen LogP contribution is -2.28. The highest BCUT2D eigenvalue weighted by atomic mass is 35.5. The van der Waals surface area contributed by atoms with E-state index in [0.717, 1.165) is 35.9 Å². The molecule has 3 rings (SSSR count). The van der Waals surface area contributed by atoms with Crippen LogP contribution < -0.4 is 10.1 Å². The lowest BCUT2D eigenvalue weighted by Gasteiger charge is -2.27. The molecule has 110 valence electrons. The average molecular weight is 302 g/mol. The number of para-hydroxylation sites is 1. The van der Waals surface area contributed by atoms with Gasteiger partial charge in [0.05, 0.1) is 6.61 Å². The molecule has 1 aliphatic rings. The molecule has 0 radical (unpaired) electrons. The van der Waals surface area contributed by atoms with Crippen LogP contribution in [0.15, 0.2) is 48.5 Å². The van der Waals surface area contributed by atoms with Crippen LogP contribution in [0.5, 0.6) is 5.75 Å². The Balaban J connectivity index is 1.67. The highest BCUT2D eigenvalue weighted by Crippen LogP contribution is 2.33. The lowest BCUT2D eigenvalue weighted by atomic mass is 9.92. The van der Waals surface area contributed by atoms with Crippen molar-refractivity contribution in [2.24, 2.45) is 0 Å². The quantitative estimate of drug-likeness (QED) is 0.894. The Bertz CT molecular complexity index is 614. The smallest absolute Gasteiger partial charge is 0.122 e. The number of fused-ring (bicyclic) bond motifs is 1. The van der Waals surface area contributed by atoms with Crippen molar-refractivity contribution >= 4 is 11.6 Å². The Morgan fingerprint density at radius 2 is 1.95 bits per heavy atom. The first-order chi connectivity index (χ1) is 10.3. The molecule has 3 heteroatoms. The molecule has 1 unspecified atom stereocenters. The minimum absolute atomic E-state index is 0.244. The highest BCUT2D eigenvalue weighted by molar-refractivity contribution is 6.31. The molecule has 0 aliphatic carbocycles. The van der Waals surface area contributed by atoms with Gasteiger partial charge in [-0.05, 0) is 36.6 Å². The molecule has 0 aromatic heterocycles. The molecule has 1 N–H and O–H groups in total. The fourth-order valence-electron chi connectivity index (χ4n) is 2.88. The number of rotatable bonds is 4. The highest BCUT2D eigenvalue weighted by Gasteiger charge is 2.21. The lowest BCUT2D eigenvalue weighted by molar-refractivity contribution is 0.263. The topological polar surface area (TPSA) is 21.3 Å². The maximum absolute atomic E-state index is 6.26. The fraction of sp³-hybridized carbons (Fsp3) is 0.333. The Morgan fingerprint density at radius 1 is 1.19 bits per heavy atom. The summed E-state index contributed by atoms with van der Waals surface area (Å²) in [4.78, 5) is 0. The second-order valence-corrected chi connectivity index (χ2v) is 5.93. The standard InChI is InChI=1S/C18H20ClNO/c1-13(15-6-2-4-8-17(15)19)20-12-14-10-11-21-18-9-5-3-7-16(14)18/h2-9,13-14,20H,10-12H2,1H3/t13-,14?/m0/s1. The zero-order valence-corrected chi connectivity index (χ0v) is 12.9. The summed E-state index contributed by atoms with van der Waals surface area (Å²) in [7, 11) is 0. The van der Waals surface area contributed by atoms with Gasteiger partial charge in [0.15, 0.2) is 0 Å². The minimum atomic E-state index is 0.244. The monoisotopic (exact) mass is 301 g/mol. The molecule has 2 aromatic rings. The molecule has 0 amide bonds. The molecule has 0 saturated carbocycles. The van der Waals surface area contributed by atoms with Crippen LogP contribution in [0.3, 0.4) is 0 Å². The third-order valence-electron chi connectivity index (χ3n) is 4.12. The molecule has 1 heterocycles. The van der Waals surface area contributed by atoms with Crippen molar-refractivity contribution in [3.63, 3.8) is 0 Å². The van der Waals surface area contributed by atoms with Crippen molar-refractivity contribution in [1.82, 2.24) is 5.32 Å². The van der Waals surface area contributed by atoms with Gasteiger partial charge in [0, 0.05) is 23.5 Å². The number of benzene rings is 2. The molecule has 0 fully saturated rings. The Morgan fingerprint density at radius 3 is 2.81 bits per heavy atom. The van der Waals surface area contributed by atoms with Crippen LogP contribution in [0.4, 0.5) is 0 Å². The van der Waals surface area contributed by atoms with E-state index in [1.165, 1.54) is 5.56 Å². The maximum Gasteiger partial charge on any atom is 0.122 e. The number of ether oxygens (including phenoxy) is 1. The van der Waals surface area contributed by atoms with Gasteiger partial charge in [0.1, 0.15) is 5.75 Å². The van der Waals surface area contributed by atoms with Gasteiger partial charge in [-0.3, -0.25) is 0 Å². The van der Waals surface area contributed by atoms with Crippen LogP contribution in [0.2, 0.25) is 5.02 Å². The largest absolute Gasteiger partial charge is 0.493 e. The Kier molecular flexibility index (Phi) is 4.47. The van der Waals surface area contributed by atoms with Crippen LogP contribution in [0.25, 0.3) is 0 Å². The van der Waals surface area contributed by atoms with E-state index in [2.05, 4.69) is 36.5 Å². The van der Waals surface area contributed by atoms with Crippen molar-refractivity contribution in [3.8, 4) is 5.75 Å². The van der Waals surface area contributed by atoms with Crippen LogP contribution in [-0.2, 0) is 0 Å². The van der Waals surface area contributed by atoms with Gasteiger partial charge in [0.2, 0.25) is 0 Å². The third kappa shape index (κ3) is 3.22. The summed E-state index contributed by atoms with van der Waals surface area (Å²) in [5.41, 5.74) is 2.46. The maximum atomic E-state index is 6.26. The van der Waals surface area contributed by atoms with E-state index < -0.39 is 0 Å². The van der Waals surface area contributed by atoms with E-state index >= 15 is 0 Å². The van der Waals surface area contributed by atoms with E-state index in [1.807, 2.05) is 24.3 Å². The van der Waals surface area contributed by atoms with Crippen molar-refractivity contribution in [1.29, 1.82) is 0 Å². The summed E-state index contributed by atoms with van der Waals surface area (Å²) in [6.07, 6.45) is 1.05. The Hall–Kier alpha value is -1.51. The zero-order chi connectivity index (χ0) is 14.7. The molecular weight excluding hydrogens is 282 g/mol. The fourth-order valence-corrected chi connectivity index (χ4v) is 3.18. The first-order valence-corrected chi connectivity index (χ1v) is 7.83. The summed E-state index contributed by atoms with van der Waals surface area (Å²) in [6, 6.07) is 16.6. The van der Waals surface area contributed by atoms with Gasteiger partial charge in [-0.25, -0.2) is 0 Å². The Labute approximate surface area is 131 Å². The molecular formula is C18H20ClNO. The van der Waals surface area contributed by atoms with E-state index in [-0.39, 0.29) is 6.04 Å². The van der Waals surface area contributed by atoms with Crippen LogP contribution >= 0.6 is 11.6 Å². The minimum Gasteiger partial charge on any atom is -0.493 e. The molecule has 2 aromatic carbocycles. The predicted octanol–water partition coefficient (Wildman–Crippen LogP) is 4.56. The first kappa shape index (κ1) is 14.4. The van der Waals surface area contributed by atoms with Gasteiger partial charge in [-0.1, -0.05) is 48.0 Å². The summed E-state index contributed by atoms with van der Waals surface area (Å²) in [6.45, 7) is 3.89. The van der Waals surface area contributed by atoms with Gasteiger partial charge >= 0.3 is 0 Å². The number of halogens is 1. The molecule has 0 bridgehead atoms. The van der Waals surface area contributed by atoms with E-state index in [9.17, 15) is 0 Å². The summed E-state index contributed by atoms with van der Waals surface area (Å²) in [5.74, 6) is 1.53. The van der Waals surface area contributed by atoms with Gasteiger partial charge < -0.3 is 10.1 Å².